The van der Waals surface area contributed by atoms with Gasteiger partial charge in [0.2, 0.25) is 4.51 Å². The van der Waals surface area contributed by atoms with Crippen LogP contribution >= 0.6 is 31.9 Å². The molecule has 0 saturated carbocycles. The normalized spacial score (nSPS) is 22.7. The van der Waals surface area contributed by atoms with Crippen molar-refractivity contribution in [2.24, 2.45) is 0 Å². The van der Waals surface area contributed by atoms with Crippen molar-refractivity contribution in [2.45, 2.75) is 21.2 Å². The maximum atomic E-state index is 9.76. The molecule has 0 heterocycles. The van der Waals surface area contributed by atoms with Crippen LogP contribution in [0.15, 0.2) is 0 Å². The monoisotopic (exact) mass is 342 g/mol. The molecule has 0 saturated heterocycles. The summed E-state index contributed by atoms with van der Waals surface area (Å²) in [5.41, 5.74) is 0. The molecule has 6 nitrogen and oxygen atoms in total. The van der Waals surface area contributed by atoms with E-state index in [1.807, 2.05) is 0 Å². The number of aliphatic hydroxyl groups is 3. The van der Waals surface area contributed by atoms with E-state index in [2.05, 4.69) is 36.6 Å². The standard InChI is InChI=1S/C7H8Br2N2O4/c1-15-6(8,3-11)7(9,14)5(13)4(12)2-10/h4-5,12-14H,1H3/t4-,5-,6+,7+/m1/s1. The molecule has 0 amide bonds. The Morgan fingerprint density at radius 3 is 2.07 bits per heavy atom. The molecule has 4 atom stereocenters. The van der Waals surface area contributed by atoms with Gasteiger partial charge in [-0.1, -0.05) is 0 Å². The molecule has 0 radical (unpaired) electrons. The number of hydrogen-bond donors (Lipinski definition) is 3. The van der Waals surface area contributed by atoms with Crippen LogP contribution in [0, 0.1) is 22.7 Å². The summed E-state index contributed by atoms with van der Waals surface area (Å²) >= 11 is 5.37. The zero-order valence-corrected chi connectivity index (χ0v) is 10.7. The van der Waals surface area contributed by atoms with E-state index >= 15 is 0 Å². The first-order chi connectivity index (χ1) is 6.76. The van der Waals surface area contributed by atoms with E-state index in [-0.39, 0.29) is 0 Å². The van der Waals surface area contributed by atoms with Gasteiger partial charge in [-0.15, -0.1) is 0 Å². The Morgan fingerprint density at radius 1 is 1.33 bits per heavy atom. The molecule has 0 unspecified atom stereocenters. The number of nitrogens with zero attached hydrogens (tertiary/aromatic N) is 2. The second-order valence-electron chi connectivity index (χ2n) is 2.60. The zero-order chi connectivity index (χ0) is 12.3. The van der Waals surface area contributed by atoms with Gasteiger partial charge in [-0.3, -0.25) is 0 Å². The van der Waals surface area contributed by atoms with Gasteiger partial charge in [0.15, 0.2) is 6.10 Å². The topological polar surface area (TPSA) is 118 Å². The fourth-order valence-electron chi connectivity index (χ4n) is 0.737. The molecule has 0 aliphatic rings. The molecule has 3 N–H and O–H groups in total. The second kappa shape index (κ2) is 5.21. The first-order valence-electron chi connectivity index (χ1n) is 3.59. The highest BCUT2D eigenvalue weighted by molar-refractivity contribution is 9.13. The molecule has 0 rings (SSSR count). The molecule has 84 valence electrons. The van der Waals surface area contributed by atoms with Gasteiger partial charge in [-0.05, 0) is 31.9 Å². The van der Waals surface area contributed by atoms with Crippen LogP contribution in [-0.2, 0) is 4.74 Å². The van der Waals surface area contributed by atoms with E-state index in [1.165, 1.54) is 6.07 Å². The lowest BCUT2D eigenvalue weighted by Crippen LogP contribution is -2.57. The summed E-state index contributed by atoms with van der Waals surface area (Å²) in [4.78, 5) is 0. The lowest BCUT2D eigenvalue weighted by molar-refractivity contribution is -0.113. The summed E-state index contributed by atoms with van der Waals surface area (Å²) in [6, 6.07) is 2.87. The van der Waals surface area contributed by atoms with Crippen molar-refractivity contribution in [3.63, 3.8) is 0 Å². The Hall–Kier alpha value is -0.220. The first kappa shape index (κ1) is 14.8. The largest absolute Gasteiger partial charge is 0.385 e. The van der Waals surface area contributed by atoms with Crippen LogP contribution in [0.1, 0.15) is 0 Å². The van der Waals surface area contributed by atoms with E-state index in [9.17, 15) is 10.2 Å². The van der Waals surface area contributed by atoms with Crippen LogP contribution in [0.4, 0.5) is 0 Å². The van der Waals surface area contributed by atoms with E-state index in [4.69, 9.17) is 15.6 Å². The molecular weight excluding hydrogens is 336 g/mol. The van der Waals surface area contributed by atoms with E-state index in [0.717, 1.165) is 7.11 Å². The average molecular weight is 344 g/mol. The minimum atomic E-state index is -2.33. The van der Waals surface area contributed by atoms with Crippen molar-refractivity contribution in [3.8, 4) is 12.1 Å². The van der Waals surface area contributed by atoms with Crippen LogP contribution in [0.2, 0.25) is 0 Å². The summed E-state index contributed by atoms with van der Waals surface area (Å²) in [5, 5.41) is 45.3. The van der Waals surface area contributed by atoms with Crippen molar-refractivity contribution in [1.29, 1.82) is 10.5 Å². The molecule has 0 spiro atoms. The second-order valence-corrected chi connectivity index (χ2v) is 4.93. The SMILES string of the molecule is CO[C@@](Br)(C#N)[C@](O)(Br)[C@H](O)[C@H](O)C#N. The maximum Gasteiger partial charge on any atom is 0.251 e. The predicted molar refractivity (Wildman–Crippen MR) is 55.8 cm³/mol. The van der Waals surface area contributed by atoms with Crippen LogP contribution in [0.5, 0.6) is 0 Å². The Kier molecular flexibility index (Phi) is 5.14. The number of rotatable bonds is 4. The van der Waals surface area contributed by atoms with Crippen molar-refractivity contribution >= 4 is 31.9 Å². The van der Waals surface area contributed by atoms with Crippen molar-refractivity contribution in [2.75, 3.05) is 7.11 Å². The zero-order valence-electron chi connectivity index (χ0n) is 7.55. The summed E-state index contributed by atoms with van der Waals surface area (Å²) in [6.07, 6.45) is -3.80. The van der Waals surface area contributed by atoms with E-state index in [0.29, 0.717) is 0 Å². The number of aliphatic hydroxyl groups excluding tert-OH is 2. The summed E-state index contributed by atoms with van der Waals surface area (Å²) < 4.78 is 0.322. The number of methoxy groups -OCH3 is 1. The number of ether oxygens (including phenoxy) is 1. The Morgan fingerprint density at radius 2 is 1.80 bits per heavy atom. The van der Waals surface area contributed by atoms with E-state index < -0.39 is 21.2 Å². The van der Waals surface area contributed by atoms with Crippen molar-refractivity contribution in [3.05, 3.63) is 0 Å². The van der Waals surface area contributed by atoms with Gasteiger partial charge in [0, 0.05) is 7.11 Å². The van der Waals surface area contributed by atoms with Crippen LogP contribution < -0.4 is 0 Å². The highest BCUT2D eigenvalue weighted by Crippen LogP contribution is 2.40. The number of hydrogen-bond acceptors (Lipinski definition) is 6. The van der Waals surface area contributed by atoms with Crippen molar-refractivity contribution in [1.82, 2.24) is 0 Å². The molecule has 0 aromatic rings. The highest BCUT2D eigenvalue weighted by atomic mass is 79.9. The van der Waals surface area contributed by atoms with Crippen molar-refractivity contribution < 1.29 is 20.1 Å². The van der Waals surface area contributed by atoms with Crippen LogP contribution in [0.3, 0.4) is 0 Å². The molecule has 0 aliphatic heterocycles. The maximum absolute atomic E-state index is 9.76. The quantitative estimate of drug-likeness (QED) is 0.471. The number of halogens is 2. The molecular formula is C7H8Br2N2O4. The molecule has 0 aromatic heterocycles. The van der Waals surface area contributed by atoms with Crippen LogP contribution in [-0.4, -0.2) is 43.7 Å². The average Bonchev–Trinajstić information content (AvgIpc) is 2.25. The van der Waals surface area contributed by atoms with Gasteiger partial charge < -0.3 is 20.1 Å². The summed E-state index contributed by atoms with van der Waals surface area (Å²) in [6.45, 7) is 0. The third kappa shape index (κ3) is 2.67. The lowest BCUT2D eigenvalue weighted by Gasteiger charge is -2.36. The molecule has 0 aromatic carbocycles. The Balaban J connectivity index is 5.15. The molecule has 15 heavy (non-hydrogen) atoms. The van der Waals surface area contributed by atoms with Gasteiger partial charge in [0.05, 0.1) is 6.07 Å². The van der Waals surface area contributed by atoms with Gasteiger partial charge in [0.25, 0.3) is 4.51 Å². The lowest BCUT2D eigenvalue weighted by atomic mass is 10.0. The fraction of sp³-hybridized carbons (Fsp3) is 0.714. The van der Waals surface area contributed by atoms with Gasteiger partial charge in [0.1, 0.15) is 12.2 Å². The number of alkyl halides is 2. The molecule has 0 aliphatic carbocycles. The van der Waals surface area contributed by atoms with Crippen LogP contribution in [0.25, 0.3) is 0 Å². The Bertz CT molecular complexity index is 311. The third-order valence-corrected chi connectivity index (χ3v) is 4.36. The minimum absolute atomic E-state index is 1.11. The van der Waals surface area contributed by atoms with Gasteiger partial charge in [-0.2, -0.15) is 10.5 Å². The molecule has 8 heteroatoms. The molecule has 0 fully saturated rings. The highest BCUT2D eigenvalue weighted by Gasteiger charge is 2.55. The smallest absolute Gasteiger partial charge is 0.251 e. The summed E-state index contributed by atoms with van der Waals surface area (Å²) in [5.74, 6) is 0. The predicted octanol–water partition coefficient (Wildman–Crippen LogP) is -0.424. The Labute approximate surface area is 103 Å². The summed E-state index contributed by atoms with van der Waals surface area (Å²) in [7, 11) is 1.11. The van der Waals surface area contributed by atoms with E-state index in [1.54, 1.807) is 6.07 Å². The third-order valence-electron chi connectivity index (χ3n) is 1.70. The van der Waals surface area contributed by atoms with Gasteiger partial charge >= 0.3 is 0 Å². The molecule has 0 bridgehead atoms. The number of nitriles is 2. The minimum Gasteiger partial charge on any atom is -0.385 e. The first-order valence-corrected chi connectivity index (χ1v) is 5.17. The fourth-order valence-corrected chi connectivity index (χ4v) is 1.47. The van der Waals surface area contributed by atoms with Gasteiger partial charge in [-0.25, -0.2) is 0 Å².